The van der Waals surface area contributed by atoms with Crippen LogP contribution in [0.2, 0.25) is 0 Å². The van der Waals surface area contributed by atoms with Crippen molar-refractivity contribution in [1.29, 1.82) is 0 Å². The molecule has 0 aromatic carbocycles. The molecule has 0 saturated carbocycles. The maximum Gasteiger partial charge on any atom is 0.321 e. The van der Waals surface area contributed by atoms with E-state index in [-0.39, 0.29) is 0 Å². The third-order valence-corrected chi connectivity index (χ3v) is 2.03. The fourth-order valence-corrected chi connectivity index (χ4v) is 1.20. The van der Waals surface area contributed by atoms with E-state index >= 15 is 0 Å². The molecular weight excluding hydrogens is 204 g/mol. The highest BCUT2D eigenvalue weighted by Crippen LogP contribution is 2.16. The second kappa shape index (κ2) is 4.74. The Hall–Kier alpha value is -1.91. The van der Waals surface area contributed by atoms with Crippen LogP contribution in [0.5, 0.6) is 0 Å². The van der Waals surface area contributed by atoms with Gasteiger partial charge in [0.1, 0.15) is 0 Å². The van der Waals surface area contributed by atoms with E-state index in [1.165, 1.54) is 0 Å². The average Bonchev–Trinajstić information content (AvgIpc) is 2.76. The summed E-state index contributed by atoms with van der Waals surface area (Å²) in [6.07, 6.45) is 3.40. The van der Waals surface area contributed by atoms with E-state index in [2.05, 4.69) is 34.3 Å². The van der Waals surface area contributed by atoms with E-state index in [0.29, 0.717) is 17.8 Å². The van der Waals surface area contributed by atoms with Crippen molar-refractivity contribution in [3.8, 4) is 11.4 Å². The molecule has 5 nitrogen and oxygen atoms in total. The third kappa shape index (κ3) is 2.56. The molecule has 0 aliphatic rings. The Balaban J connectivity index is 2.08. The van der Waals surface area contributed by atoms with E-state index in [9.17, 15) is 0 Å². The number of hydrogen-bond donors (Lipinski definition) is 1. The van der Waals surface area contributed by atoms with Crippen molar-refractivity contribution in [2.75, 3.05) is 11.9 Å². The number of aromatic nitrogens is 3. The van der Waals surface area contributed by atoms with Crippen molar-refractivity contribution < 1.29 is 4.52 Å². The first-order valence-electron chi connectivity index (χ1n) is 5.23. The molecule has 0 bridgehead atoms. The summed E-state index contributed by atoms with van der Waals surface area (Å²) < 4.78 is 5.08. The topological polar surface area (TPSA) is 63.8 Å². The quantitative estimate of drug-likeness (QED) is 0.852. The Bertz CT molecular complexity index is 438. The molecule has 2 rings (SSSR count). The molecule has 1 N–H and O–H groups in total. The minimum Gasteiger partial charge on any atom is -0.337 e. The molecule has 16 heavy (non-hydrogen) atoms. The Morgan fingerprint density at radius 3 is 2.75 bits per heavy atom. The van der Waals surface area contributed by atoms with Gasteiger partial charge in [-0.3, -0.25) is 4.98 Å². The summed E-state index contributed by atoms with van der Waals surface area (Å²) in [5.74, 6) is 1.12. The first kappa shape index (κ1) is 10.6. The molecule has 0 amide bonds. The van der Waals surface area contributed by atoms with E-state index < -0.39 is 0 Å². The molecule has 5 heteroatoms. The molecule has 2 aromatic heterocycles. The zero-order valence-electron chi connectivity index (χ0n) is 9.34. The lowest BCUT2D eigenvalue weighted by atomic mass is 10.2. The highest BCUT2D eigenvalue weighted by atomic mass is 16.5. The van der Waals surface area contributed by atoms with Crippen LogP contribution in [0, 0.1) is 5.92 Å². The molecule has 0 aliphatic carbocycles. The molecule has 0 saturated heterocycles. The Morgan fingerprint density at radius 1 is 1.31 bits per heavy atom. The minimum atomic E-state index is 0.459. The van der Waals surface area contributed by atoms with Crippen LogP contribution in [-0.4, -0.2) is 21.7 Å². The highest BCUT2D eigenvalue weighted by molar-refractivity contribution is 5.54. The summed E-state index contributed by atoms with van der Waals surface area (Å²) in [5, 5.41) is 6.97. The summed E-state index contributed by atoms with van der Waals surface area (Å²) in [4.78, 5) is 8.17. The SMILES string of the molecule is CC(C)CNc1nc(-c2ccncc2)no1. The van der Waals surface area contributed by atoms with Gasteiger partial charge in [0, 0.05) is 24.5 Å². The largest absolute Gasteiger partial charge is 0.337 e. The number of pyridine rings is 1. The minimum absolute atomic E-state index is 0.459. The number of nitrogens with one attached hydrogen (secondary N) is 1. The normalized spacial score (nSPS) is 10.7. The lowest BCUT2D eigenvalue weighted by Crippen LogP contribution is -2.07. The van der Waals surface area contributed by atoms with Gasteiger partial charge in [0.25, 0.3) is 0 Å². The van der Waals surface area contributed by atoms with Gasteiger partial charge in [-0.05, 0) is 18.1 Å². The number of anilines is 1. The summed E-state index contributed by atoms with van der Waals surface area (Å²) in [6, 6.07) is 4.15. The highest BCUT2D eigenvalue weighted by Gasteiger charge is 2.07. The van der Waals surface area contributed by atoms with Crippen LogP contribution >= 0.6 is 0 Å². The third-order valence-electron chi connectivity index (χ3n) is 2.03. The van der Waals surface area contributed by atoms with Gasteiger partial charge < -0.3 is 9.84 Å². The maximum absolute atomic E-state index is 5.08. The van der Waals surface area contributed by atoms with Gasteiger partial charge in [-0.1, -0.05) is 19.0 Å². The zero-order chi connectivity index (χ0) is 11.4. The smallest absolute Gasteiger partial charge is 0.321 e. The molecular formula is C11H14N4O. The lowest BCUT2D eigenvalue weighted by molar-refractivity contribution is 0.429. The van der Waals surface area contributed by atoms with Crippen LogP contribution in [0.1, 0.15) is 13.8 Å². The average molecular weight is 218 g/mol. The van der Waals surface area contributed by atoms with Crippen molar-refractivity contribution in [3.05, 3.63) is 24.5 Å². The second-order valence-corrected chi connectivity index (χ2v) is 3.93. The van der Waals surface area contributed by atoms with Crippen molar-refractivity contribution in [2.24, 2.45) is 5.92 Å². The fourth-order valence-electron chi connectivity index (χ4n) is 1.20. The van der Waals surface area contributed by atoms with E-state index in [4.69, 9.17) is 4.52 Å². The Kier molecular flexibility index (Phi) is 3.14. The van der Waals surface area contributed by atoms with Gasteiger partial charge in [0.2, 0.25) is 5.82 Å². The summed E-state index contributed by atoms with van der Waals surface area (Å²) in [5.41, 5.74) is 0.899. The van der Waals surface area contributed by atoms with Crippen LogP contribution in [0.25, 0.3) is 11.4 Å². The second-order valence-electron chi connectivity index (χ2n) is 3.93. The molecule has 0 radical (unpaired) electrons. The van der Waals surface area contributed by atoms with Crippen molar-refractivity contribution in [1.82, 2.24) is 15.1 Å². The van der Waals surface area contributed by atoms with Crippen molar-refractivity contribution in [3.63, 3.8) is 0 Å². The van der Waals surface area contributed by atoms with E-state index in [1.54, 1.807) is 12.4 Å². The molecule has 84 valence electrons. The van der Waals surface area contributed by atoms with Gasteiger partial charge in [0.05, 0.1) is 0 Å². The van der Waals surface area contributed by atoms with Crippen molar-refractivity contribution in [2.45, 2.75) is 13.8 Å². The van der Waals surface area contributed by atoms with Crippen LogP contribution in [0.15, 0.2) is 29.0 Å². The molecule has 2 aromatic rings. The number of hydrogen-bond acceptors (Lipinski definition) is 5. The van der Waals surface area contributed by atoms with Gasteiger partial charge in [-0.2, -0.15) is 4.98 Å². The van der Waals surface area contributed by atoms with Crippen LogP contribution < -0.4 is 5.32 Å². The molecule has 2 heterocycles. The van der Waals surface area contributed by atoms with Gasteiger partial charge in [-0.15, -0.1) is 0 Å². The number of rotatable bonds is 4. The van der Waals surface area contributed by atoms with Crippen LogP contribution in [0.3, 0.4) is 0 Å². The van der Waals surface area contributed by atoms with E-state index in [0.717, 1.165) is 12.1 Å². The van der Waals surface area contributed by atoms with Gasteiger partial charge >= 0.3 is 6.01 Å². The monoisotopic (exact) mass is 218 g/mol. The maximum atomic E-state index is 5.08. The first-order valence-corrected chi connectivity index (χ1v) is 5.23. The molecule has 0 fully saturated rings. The molecule has 0 atom stereocenters. The predicted molar refractivity (Wildman–Crippen MR) is 60.9 cm³/mol. The molecule has 0 spiro atoms. The fraction of sp³-hybridized carbons (Fsp3) is 0.364. The summed E-state index contributed by atoms with van der Waals surface area (Å²) in [6.45, 7) is 5.05. The Labute approximate surface area is 93.9 Å². The summed E-state index contributed by atoms with van der Waals surface area (Å²) >= 11 is 0. The van der Waals surface area contributed by atoms with Gasteiger partial charge in [-0.25, -0.2) is 0 Å². The molecule has 0 aliphatic heterocycles. The van der Waals surface area contributed by atoms with Crippen LogP contribution in [-0.2, 0) is 0 Å². The van der Waals surface area contributed by atoms with E-state index in [1.807, 2.05) is 12.1 Å². The van der Waals surface area contributed by atoms with Gasteiger partial charge in [0.15, 0.2) is 0 Å². The standard InChI is InChI=1S/C11H14N4O/c1-8(2)7-13-11-14-10(15-16-11)9-3-5-12-6-4-9/h3-6,8H,7H2,1-2H3,(H,13,14,15). The zero-order valence-corrected chi connectivity index (χ0v) is 9.34. The van der Waals surface area contributed by atoms with Crippen LogP contribution in [0.4, 0.5) is 6.01 Å². The molecule has 0 unspecified atom stereocenters. The van der Waals surface area contributed by atoms with Crippen molar-refractivity contribution >= 4 is 6.01 Å². The number of nitrogens with zero attached hydrogens (tertiary/aromatic N) is 3. The predicted octanol–water partition coefficient (Wildman–Crippen LogP) is 2.20. The Morgan fingerprint density at radius 2 is 2.06 bits per heavy atom. The first-order chi connectivity index (χ1) is 7.75. The summed E-state index contributed by atoms with van der Waals surface area (Å²) in [7, 11) is 0. The lowest BCUT2D eigenvalue weighted by Gasteiger charge is -2.02.